The lowest BCUT2D eigenvalue weighted by Gasteiger charge is -2.28. The van der Waals surface area contributed by atoms with Crippen molar-refractivity contribution in [1.82, 2.24) is 5.32 Å². The second-order valence-corrected chi connectivity index (χ2v) is 5.34. The highest BCUT2D eigenvalue weighted by Gasteiger charge is 2.30. The highest BCUT2D eigenvalue weighted by molar-refractivity contribution is 5.96. The van der Waals surface area contributed by atoms with Crippen LogP contribution in [0, 0.1) is 0 Å². The fourth-order valence-electron chi connectivity index (χ4n) is 2.08. The molecule has 0 aliphatic carbocycles. The third-order valence-corrected chi connectivity index (χ3v) is 3.61. The lowest BCUT2D eigenvalue weighted by molar-refractivity contribution is 0.0375. The van der Waals surface area contributed by atoms with Crippen molar-refractivity contribution in [2.24, 2.45) is 0 Å². The Balaban J connectivity index is 2.25. The molecule has 122 valence electrons. The van der Waals surface area contributed by atoms with E-state index in [9.17, 15) is 25.2 Å². The number of phenolic OH excluding ortho intramolecular Hbond substituents is 1. The van der Waals surface area contributed by atoms with Gasteiger partial charge in [0.2, 0.25) is 0 Å². The first kappa shape index (κ1) is 17.0. The van der Waals surface area contributed by atoms with Crippen LogP contribution >= 0.6 is 0 Å². The molecule has 0 aromatic heterocycles. The predicted molar refractivity (Wildman–Crippen MR) is 85.0 cm³/mol. The van der Waals surface area contributed by atoms with Gasteiger partial charge in [-0.2, -0.15) is 0 Å². The molecule has 1 amide bonds. The summed E-state index contributed by atoms with van der Waals surface area (Å²) in [5.41, 5.74) is 0.469. The Kier molecular flexibility index (Phi) is 5.33. The van der Waals surface area contributed by atoms with Crippen molar-refractivity contribution in [3.63, 3.8) is 0 Å². The molecule has 0 unspecified atom stereocenters. The molecule has 23 heavy (non-hydrogen) atoms. The van der Waals surface area contributed by atoms with Gasteiger partial charge in [-0.15, -0.1) is 0 Å². The van der Waals surface area contributed by atoms with Gasteiger partial charge in [0.05, 0.1) is 19.8 Å². The van der Waals surface area contributed by atoms with Gasteiger partial charge in [-0.25, -0.2) is 0 Å². The molecule has 5 N–H and O–H groups in total. The number of phenols is 1. The van der Waals surface area contributed by atoms with Crippen LogP contribution < -0.4 is 5.32 Å². The summed E-state index contributed by atoms with van der Waals surface area (Å²) in [4.78, 5) is 12.3. The van der Waals surface area contributed by atoms with E-state index in [1.165, 1.54) is 0 Å². The van der Waals surface area contributed by atoms with Crippen LogP contribution in [0.5, 0.6) is 5.75 Å². The van der Waals surface area contributed by atoms with Gasteiger partial charge in [-0.1, -0.05) is 24.3 Å². The van der Waals surface area contributed by atoms with Gasteiger partial charge in [0.1, 0.15) is 11.3 Å². The Bertz CT molecular complexity index is 657. The average molecular weight is 317 g/mol. The summed E-state index contributed by atoms with van der Waals surface area (Å²) in [6.07, 6.45) is 0. The van der Waals surface area contributed by atoms with E-state index in [-0.39, 0.29) is 5.75 Å². The van der Waals surface area contributed by atoms with Gasteiger partial charge in [-0.3, -0.25) is 4.79 Å². The van der Waals surface area contributed by atoms with Gasteiger partial charge in [-0.05, 0) is 35.4 Å². The van der Waals surface area contributed by atoms with Crippen molar-refractivity contribution in [3.05, 3.63) is 54.1 Å². The number of rotatable bonds is 6. The molecule has 6 heteroatoms. The summed E-state index contributed by atoms with van der Waals surface area (Å²) in [7, 11) is 0. The van der Waals surface area contributed by atoms with Crippen LogP contribution in [0.1, 0.15) is 10.4 Å². The normalized spacial score (nSPS) is 11.3. The summed E-state index contributed by atoms with van der Waals surface area (Å²) >= 11 is 0. The number of carbonyl (C=O) groups excluding carboxylic acids is 1. The molecular formula is C17H19NO5. The molecule has 2 aromatic carbocycles. The Morgan fingerprint density at radius 1 is 0.913 bits per heavy atom. The molecule has 0 radical (unpaired) electrons. The Labute approximate surface area is 133 Å². The van der Waals surface area contributed by atoms with Crippen LogP contribution in [0.15, 0.2) is 48.5 Å². The third kappa shape index (κ3) is 3.87. The highest BCUT2D eigenvalue weighted by Crippen LogP contribution is 2.23. The molecule has 0 aliphatic heterocycles. The second-order valence-electron chi connectivity index (χ2n) is 5.34. The van der Waals surface area contributed by atoms with Gasteiger partial charge in [0, 0.05) is 5.56 Å². The molecule has 6 nitrogen and oxygen atoms in total. The fraction of sp³-hybridized carbons (Fsp3) is 0.235. The zero-order chi connectivity index (χ0) is 16.9. The standard InChI is InChI=1S/C17H19NO5/c19-9-17(10-20,11-21)18-16(23)14-3-1-2-13(8-14)12-4-6-15(22)7-5-12/h1-8,19-22H,9-11H2,(H,18,23). The molecular weight excluding hydrogens is 298 g/mol. The first-order valence-electron chi connectivity index (χ1n) is 7.08. The first-order chi connectivity index (χ1) is 11.0. The maximum atomic E-state index is 12.3. The largest absolute Gasteiger partial charge is 0.508 e. The number of benzene rings is 2. The van der Waals surface area contributed by atoms with Crippen LogP contribution in [-0.2, 0) is 0 Å². The molecule has 2 rings (SSSR count). The first-order valence-corrected chi connectivity index (χ1v) is 7.08. The van der Waals surface area contributed by atoms with Crippen molar-refractivity contribution in [2.75, 3.05) is 19.8 Å². The minimum Gasteiger partial charge on any atom is -0.508 e. The summed E-state index contributed by atoms with van der Waals surface area (Å²) in [5, 5.41) is 39.6. The zero-order valence-corrected chi connectivity index (χ0v) is 12.4. The molecule has 0 spiro atoms. The minimum absolute atomic E-state index is 0.154. The van der Waals surface area contributed by atoms with Crippen molar-refractivity contribution in [1.29, 1.82) is 0 Å². The summed E-state index contributed by atoms with van der Waals surface area (Å²) in [6.45, 7) is -1.74. The number of hydrogen-bond acceptors (Lipinski definition) is 5. The number of hydrogen-bond donors (Lipinski definition) is 5. The lowest BCUT2D eigenvalue weighted by atomic mass is 10.0. The van der Waals surface area contributed by atoms with E-state index < -0.39 is 31.3 Å². The molecule has 0 saturated carbocycles. The number of aliphatic hydroxyl groups is 3. The van der Waals surface area contributed by atoms with Crippen LogP contribution in [0.2, 0.25) is 0 Å². The smallest absolute Gasteiger partial charge is 0.251 e. The zero-order valence-electron chi connectivity index (χ0n) is 12.4. The van der Waals surface area contributed by atoms with Crippen molar-refractivity contribution in [2.45, 2.75) is 5.54 Å². The van der Waals surface area contributed by atoms with E-state index in [4.69, 9.17) is 0 Å². The topological polar surface area (TPSA) is 110 Å². The molecule has 0 saturated heterocycles. The van der Waals surface area contributed by atoms with Crippen LogP contribution in [-0.4, -0.2) is 51.7 Å². The van der Waals surface area contributed by atoms with E-state index in [1.807, 2.05) is 6.07 Å². The quantitative estimate of drug-likeness (QED) is 0.533. The third-order valence-electron chi connectivity index (χ3n) is 3.61. The monoisotopic (exact) mass is 317 g/mol. The number of nitrogens with one attached hydrogen (secondary N) is 1. The van der Waals surface area contributed by atoms with Crippen LogP contribution in [0.4, 0.5) is 0 Å². The Morgan fingerprint density at radius 2 is 1.52 bits per heavy atom. The van der Waals surface area contributed by atoms with Crippen molar-refractivity contribution >= 4 is 5.91 Å². The number of carbonyl (C=O) groups is 1. The molecule has 0 fully saturated rings. The number of amides is 1. The average Bonchev–Trinajstić information content (AvgIpc) is 2.60. The van der Waals surface area contributed by atoms with Crippen molar-refractivity contribution in [3.8, 4) is 16.9 Å². The molecule has 2 aromatic rings. The minimum atomic E-state index is -1.47. The molecule has 0 bridgehead atoms. The molecule has 0 heterocycles. The van der Waals surface area contributed by atoms with Gasteiger partial charge >= 0.3 is 0 Å². The Morgan fingerprint density at radius 3 is 2.09 bits per heavy atom. The SMILES string of the molecule is O=C(NC(CO)(CO)CO)c1cccc(-c2ccc(O)cc2)c1. The van der Waals surface area contributed by atoms with E-state index >= 15 is 0 Å². The van der Waals surface area contributed by atoms with Gasteiger partial charge < -0.3 is 25.7 Å². The van der Waals surface area contributed by atoms with E-state index in [2.05, 4.69) is 5.32 Å². The molecule has 0 aliphatic rings. The molecule has 0 atom stereocenters. The summed E-state index contributed by atoms with van der Waals surface area (Å²) < 4.78 is 0. The lowest BCUT2D eigenvalue weighted by Crippen LogP contribution is -2.57. The van der Waals surface area contributed by atoms with E-state index in [0.29, 0.717) is 5.56 Å². The summed E-state index contributed by atoms with van der Waals surface area (Å²) in [5.74, 6) is -0.357. The fourth-order valence-corrected chi connectivity index (χ4v) is 2.08. The van der Waals surface area contributed by atoms with E-state index in [1.54, 1.807) is 42.5 Å². The van der Waals surface area contributed by atoms with Crippen LogP contribution in [0.3, 0.4) is 0 Å². The predicted octanol–water partition coefficient (Wildman–Crippen LogP) is 0.505. The van der Waals surface area contributed by atoms with E-state index in [0.717, 1.165) is 11.1 Å². The van der Waals surface area contributed by atoms with Crippen LogP contribution in [0.25, 0.3) is 11.1 Å². The Hall–Kier alpha value is -2.41. The van der Waals surface area contributed by atoms with Crippen molar-refractivity contribution < 1.29 is 25.2 Å². The number of aliphatic hydroxyl groups excluding tert-OH is 3. The summed E-state index contributed by atoms with van der Waals surface area (Å²) in [6, 6.07) is 13.3. The second kappa shape index (κ2) is 7.23. The highest BCUT2D eigenvalue weighted by atomic mass is 16.3. The van der Waals surface area contributed by atoms with Gasteiger partial charge in [0.15, 0.2) is 0 Å². The maximum absolute atomic E-state index is 12.3. The van der Waals surface area contributed by atoms with Gasteiger partial charge in [0.25, 0.3) is 5.91 Å². The number of aromatic hydroxyl groups is 1. The maximum Gasteiger partial charge on any atom is 0.251 e.